The van der Waals surface area contributed by atoms with E-state index in [1.54, 1.807) is 0 Å². The molecule has 4 nitrogen and oxygen atoms in total. The van der Waals surface area contributed by atoms with Gasteiger partial charge >= 0.3 is 5.97 Å². The Labute approximate surface area is 136 Å². The predicted molar refractivity (Wildman–Crippen MR) is 91.8 cm³/mol. The molecule has 0 aliphatic heterocycles. The molecule has 130 valence electrons. The summed E-state index contributed by atoms with van der Waals surface area (Å²) in [5, 5.41) is 20.0. The van der Waals surface area contributed by atoms with Crippen LogP contribution in [-0.4, -0.2) is 52.4 Å². The molecule has 0 amide bonds. The largest absolute Gasteiger partial charge is 0.477 e. The maximum absolute atomic E-state index is 11.7. The SMILES string of the molecule is C/C=C/CCCC(O)C[N+](CCC)(CCC)C(CC)C(=O)O. The fourth-order valence-corrected chi connectivity index (χ4v) is 3.57. The summed E-state index contributed by atoms with van der Waals surface area (Å²) in [6.45, 7) is 10.3. The van der Waals surface area contributed by atoms with Gasteiger partial charge in [0.15, 0.2) is 6.04 Å². The number of carbonyl (C=O) groups is 1. The highest BCUT2D eigenvalue weighted by Gasteiger charge is 2.40. The van der Waals surface area contributed by atoms with E-state index >= 15 is 0 Å². The van der Waals surface area contributed by atoms with E-state index in [1.165, 1.54) is 0 Å². The van der Waals surface area contributed by atoms with Crippen LogP contribution >= 0.6 is 0 Å². The lowest BCUT2D eigenvalue weighted by molar-refractivity contribution is -0.946. The monoisotopic (exact) mass is 314 g/mol. The minimum absolute atomic E-state index is 0.412. The van der Waals surface area contributed by atoms with Crippen molar-refractivity contribution in [2.75, 3.05) is 19.6 Å². The number of carboxylic acids is 1. The Morgan fingerprint density at radius 1 is 1.18 bits per heavy atom. The fourth-order valence-electron chi connectivity index (χ4n) is 3.57. The number of rotatable bonds is 13. The third-order valence-corrected chi connectivity index (χ3v) is 4.39. The van der Waals surface area contributed by atoms with E-state index in [9.17, 15) is 15.0 Å². The molecule has 0 heterocycles. The van der Waals surface area contributed by atoms with E-state index < -0.39 is 18.1 Å². The molecule has 0 saturated carbocycles. The normalized spacial score (nSPS) is 15.1. The number of hydrogen-bond donors (Lipinski definition) is 2. The van der Waals surface area contributed by atoms with Crippen LogP contribution in [0.2, 0.25) is 0 Å². The van der Waals surface area contributed by atoms with Gasteiger partial charge < -0.3 is 14.7 Å². The molecule has 2 unspecified atom stereocenters. The van der Waals surface area contributed by atoms with Crippen LogP contribution in [-0.2, 0) is 4.79 Å². The van der Waals surface area contributed by atoms with Crippen molar-refractivity contribution in [1.29, 1.82) is 0 Å². The molecule has 4 heteroatoms. The van der Waals surface area contributed by atoms with Gasteiger partial charge in [-0.3, -0.25) is 0 Å². The number of allylic oxidation sites excluding steroid dienone is 2. The molecule has 0 spiro atoms. The maximum Gasteiger partial charge on any atom is 0.362 e. The number of aliphatic hydroxyl groups is 1. The molecule has 0 aromatic carbocycles. The highest BCUT2D eigenvalue weighted by molar-refractivity contribution is 5.72. The van der Waals surface area contributed by atoms with Gasteiger partial charge in [-0.1, -0.05) is 32.9 Å². The van der Waals surface area contributed by atoms with Crippen LogP contribution in [0.1, 0.15) is 66.2 Å². The molecule has 22 heavy (non-hydrogen) atoms. The first-order chi connectivity index (χ1) is 10.5. The summed E-state index contributed by atoms with van der Waals surface area (Å²) >= 11 is 0. The molecule has 0 aliphatic rings. The second-order valence-corrected chi connectivity index (χ2v) is 6.26. The summed E-state index contributed by atoms with van der Waals surface area (Å²) in [5.74, 6) is -0.731. The first-order valence-electron chi connectivity index (χ1n) is 8.85. The van der Waals surface area contributed by atoms with Crippen molar-refractivity contribution < 1.29 is 19.5 Å². The lowest BCUT2D eigenvalue weighted by Gasteiger charge is -2.44. The highest BCUT2D eigenvalue weighted by Crippen LogP contribution is 2.22. The first-order valence-corrected chi connectivity index (χ1v) is 8.85. The average molecular weight is 314 g/mol. The Hall–Kier alpha value is -0.870. The Balaban J connectivity index is 4.99. The van der Waals surface area contributed by atoms with Crippen molar-refractivity contribution in [3.63, 3.8) is 0 Å². The molecule has 2 N–H and O–H groups in total. The molecule has 0 radical (unpaired) electrons. The lowest BCUT2D eigenvalue weighted by atomic mass is 10.0. The van der Waals surface area contributed by atoms with Crippen LogP contribution in [0.15, 0.2) is 12.2 Å². The first kappa shape index (κ1) is 21.1. The Bertz CT molecular complexity index is 322. The Morgan fingerprint density at radius 3 is 2.18 bits per heavy atom. The molecular weight excluding hydrogens is 278 g/mol. The van der Waals surface area contributed by atoms with E-state index in [4.69, 9.17) is 0 Å². The highest BCUT2D eigenvalue weighted by atomic mass is 16.4. The summed E-state index contributed by atoms with van der Waals surface area (Å²) in [6, 6.07) is -0.412. The van der Waals surface area contributed by atoms with Crippen molar-refractivity contribution in [2.45, 2.75) is 78.4 Å². The van der Waals surface area contributed by atoms with Crippen molar-refractivity contribution >= 4 is 5.97 Å². The van der Waals surface area contributed by atoms with Gasteiger partial charge in [0.1, 0.15) is 12.6 Å². The van der Waals surface area contributed by atoms with E-state index in [1.807, 2.05) is 19.9 Å². The number of aliphatic hydroxyl groups excluding tert-OH is 1. The molecule has 0 aromatic rings. The van der Waals surface area contributed by atoms with Crippen molar-refractivity contribution in [3.05, 3.63) is 12.2 Å². The van der Waals surface area contributed by atoms with Crippen LogP contribution in [0, 0.1) is 0 Å². The molecule has 2 atom stereocenters. The third-order valence-electron chi connectivity index (χ3n) is 4.39. The zero-order valence-corrected chi connectivity index (χ0v) is 14.9. The topological polar surface area (TPSA) is 57.5 Å². The summed E-state index contributed by atoms with van der Waals surface area (Å²) in [7, 11) is 0. The van der Waals surface area contributed by atoms with Gasteiger partial charge in [0.25, 0.3) is 0 Å². The molecule has 0 bridgehead atoms. The molecule has 0 fully saturated rings. The molecule has 0 aliphatic carbocycles. The van der Waals surface area contributed by atoms with Gasteiger partial charge in [0.2, 0.25) is 0 Å². The van der Waals surface area contributed by atoms with E-state index in [0.29, 0.717) is 17.4 Å². The maximum atomic E-state index is 11.7. The number of hydrogen-bond acceptors (Lipinski definition) is 2. The molecule has 0 aromatic heterocycles. The fraction of sp³-hybridized carbons (Fsp3) is 0.833. The quantitative estimate of drug-likeness (QED) is 0.310. The number of quaternary nitrogens is 1. The van der Waals surface area contributed by atoms with Crippen LogP contribution < -0.4 is 0 Å². The van der Waals surface area contributed by atoms with Crippen molar-refractivity contribution in [2.24, 2.45) is 0 Å². The van der Waals surface area contributed by atoms with Gasteiger partial charge in [-0.2, -0.15) is 0 Å². The summed E-state index contributed by atoms with van der Waals surface area (Å²) in [5.41, 5.74) is 0. The van der Waals surface area contributed by atoms with E-state index in [-0.39, 0.29) is 0 Å². The molecule has 0 rings (SSSR count). The van der Waals surface area contributed by atoms with Gasteiger partial charge in [0.05, 0.1) is 13.1 Å². The van der Waals surface area contributed by atoms with E-state index in [2.05, 4.69) is 19.9 Å². The zero-order chi connectivity index (χ0) is 17.0. The second-order valence-electron chi connectivity index (χ2n) is 6.26. The Morgan fingerprint density at radius 2 is 1.77 bits per heavy atom. The van der Waals surface area contributed by atoms with E-state index in [0.717, 1.165) is 45.2 Å². The number of aliphatic carboxylic acids is 1. The number of carboxylic acid groups (broad SMARTS) is 1. The van der Waals surface area contributed by atoms with Crippen LogP contribution in [0.5, 0.6) is 0 Å². The zero-order valence-electron chi connectivity index (χ0n) is 14.9. The third kappa shape index (κ3) is 6.93. The number of nitrogens with zero attached hydrogens (tertiary/aromatic N) is 1. The Kier molecular flexibility index (Phi) is 11.2. The number of unbranched alkanes of at least 4 members (excludes halogenated alkanes) is 1. The van der Waals surface area contributed by atoms with Crippen molar-refractivity contribution in [1.82, 2.24) is 0 Å². The molecule has 0 saturated heterocycles. The van der Waals surface area contributed by atoms with Crippen molar-refractivity contribution in [3.8, 4) is 0 Å². The van der Waals surface area contributed by atoms with Gasteiger partial charge in [-0.25, -0.2) is 4.79 Å². The smallest absolute Gasteiger partial charge is 0.362 e. The predicted octanol–water partition coefficient (Wildman–Crippen LogP) is 3.59. The molecular formula is C18H36NO3+. The summed E-state index contributed by atoms with van der Waals surface area (Å²) < 4.78 is 0.517. The van der Waals surface area contributed by atoms with Gasteiger partial charge in [-0.15, -0.1) is 0 Å². The lowest BCUT2D eigenvalue weighted by Crippen LogP contribution is -2.62. The standard InChI is InChI=1S/C18H35NO3/c1-5-9-10-11-12-16(20)15-19(13-6-2,14-7-3)17(8-4)18(21)22/h5,9,16-17,20H,6-8,10-15H2,1-4H3/p+1/b9-5+. The van der Waals surface area contributed by atoms with Gasteiger partial charge in [0, 0.05) is 6.42 Å². The summed E-state index contributed by atoms with van der Waals surface area (Å²) in [6.07, 6.45) is 8.88. The second kappa shape index (κ2) is 11.7. The minimum Gasteiger partial charge on any atom is -0.477 e. The summed E-state index contributed by atoms with van der Waals surface area (Å²) in [4.78, 5) is 11.7. The van der Waals surface area contributed by atoms with Crippen LogP contribution in [0.3, 0.4) is 0 Å². The minimum atomic E-state index is -0.731. The average Bonchev–Trinajstić information content (AvgIpc) is 2.44. The van der Waals surface area contributed by atoms with Gasteiger partial charge in [-0.05, 0) is 39.0 Å². The van der Waals surface area contributed by atoms with Crippen LogP contribution in [0.25, 0.3) is 0 Å². The van der Waals surface area contributed by atoms with Crippen LogP contribution in [0.4, 0.5) is 0 Å².